The largest absolute Gasteiger partial charge is 0.490 e. The zero-order chi connectivity index (χ0) is 19.6. The molecule has 0 spiro atoms. The van der Waals surface area contributed by atoms with Crippen LogP contribution in [0.2, 0.25) is 0 Å². The minimum Gasteiger partial charge on any atom is -0.490 e. The van der Waals surface area contributed by atoms with Crippen LogP contribution < -0.4 is 10.1 Å². The van der Waals surface area contributed by atoms with Gasteiger partial charge in [-0.05, 0) is 48.6 Å². The van der Waals surface area contributed by atoms with Crippen molar-refractivity contribution in [2.24, 2.45) is 5.92 Å². The van der Waals surface area contributed by atoms with E-state index in [0.717, 1.165) is 5.56 Å². The molecule has 1 aromatic heterocycles. The molecule has 2 N–H and O–H groups in total. The number of aliphatic hydroxyl groups is 1. The summed E-state index contributed by atoms with van der Waals surface area (Å²) in [4.78, 5) is 16.8. The van der Waals surface area contributed by atoms with E-state index in [4.69, 9.17) is 4.74 Å². The number of carbonyl (C=O) groups excluding carboxylic acids is 1. The van der Waals surface area contributed by atoms with Crippen molar-refractivity contribution in [1.29, 1.82) is 0 Å². The predicted octanol–water partition coefficient (Wildman–Crippen LogP) is 0.493. The van der Waals surface area contributed by atoms with Crippen LogP contribution in [0.4, 0.5) is 4.39 Å². The number of ether oxygens (including phenoxy) is 1. The Bertz CT molecular complexity index is 811. The topological polar surface area (TPSA) is 71.5 Å². The maximum absolute atomic E-state index is 13.4. The fourth-order valence-electron chi connectivity index (χ4n) is 3.08. The molecule has 1 aliphatic carbocycles. The Kier molecular flexibility index (Phi) is 5.56. The minimum absolute atomic E-state index is 0.0285. The average Bonchev–Trinajstić information content (AvgIpc) is 3.40. The van der Waals surface area contributed by atoms with E-state index in [1.807, 2.05) is 28.7 Å². The molecule has 3 rings (SSSR count). The Morgan fingerprint density at radius 1 is 1.44 bits per heavy atom. The Hall–Kier alpha value is -2.34. The van der Waals surface area contributed by atoms with Crippen LogP contribution in [0.25, 0.3) is 0 Å². The van der Waals surface area contributed by atoms with E-state index in [1.54, 1.807) is 24.4 Å². The molecule has 1 heterocycles. The molecule has 5 nitrogen and oxygen atoms in total. The van der Waals surface area contributed by atoms with E-state index in [-0.39, 0.29) is 35.6 Å². The van der Waals surface area contributed by atoms with Gasteiger partial charge in [-0.25, -0.2) is 9.37 Å². The maximum Gasteiger partial charge on any atom is 0.224 e. The second kappa shape index (κ2) is 7.72. The van der Waals surface area contributed by atoms with Gasteiger partial charge < -0.3 is 15.2 Å². The zero-order valence-electron chi connectivity index (χ0n) is 15.8. The highest BCUT2D eigenvalue weighted by molar-refractivity contribution is 6.38. The molecule has 3 atom stereocenters. The number of benzene rings is 1. The quantitative estimate of drug-likeness (QED) is 0.699. The molecule has 140 valence electrons. The number of nitrogens with zero attached hydrogens (tertiary/aromatic N) is 1. The summed E-state index contributed by atoms with van der Waals surface area (Å²) in [7, 11) is 3.87. The highest BCUT2D eigenvalue weighted by Gasteiger charge is 2.44. The molecule has 0 radical (unpaired) electrons. The van der Waals surface area contributed by atoms with Gasteiger partial charge in [0.1, 0.15) is 21.5 Å². The Morgan fingerprint density at radius 2 is 2.22 bits per heavy atom. The molecule has 2 aromatic rings. The molecule has 1 aliphatic rings. The fraction of sp³-hybridized carbons (Fsp3) is 0.368. The van der Waals surface area contributed by atoms with Gasteiger partial charge in [-0.15, -0.1) is 0 Å². The van der Waals surface area contributed by atoms with E-state index in [0.29, 0.717) is 17.9 Å². The number of halogens is 1. The molecule has 27 heavy (non-hydrogen) atoms. The van der Waals surface area contributed by atoms with Gasteiger partial charge in [-0.2, -0.15) is 0 Å². The van der Waals surface area contributed by atoms with Crippen molar-refractivity contribution in [1.82, 2.24) is 10.3 Å². The van der Waals surface area contributed by atoms with Crippen molar-refractivity contribution in [2.45, 2.75) is 30.7 Å². The van der Waals surface area contributed by atoms with Crippen molar-refractivity contribution < 1.29 is 19.0 Å². The lowest BCUT2D eigenvalue weighted by Crippen LogP contribution is -2.33. The van der Waals surface area contributed by atoms with Gasteiger partial charge in [0.25, 0.3) is 0 Å². The lowest BCUT2D eigenvalue weighted by Gasteiger charge is -2.21. The Morgan fingerprint density at radius 3 is 2.81 bits per heavy atom. The van der Waals surface area contributed by atoms with Crippen LogP contribution in [0.5, 0.6) is 5.88 Å². The molecular weight excluding hydrogens is 345 g/mol. The molecule has 1 amide bonds. The SMILES string of the molecule is BC(B)(C)Oc1ccc([C@H](CO)NC(=O)[C@H]2C[C@@H]2c2cccc(F)c2)cn1. The summed E-state index contributed by atoms with van der Waals surface area (Å²) in [5.41, 5.74) is 1.54. The van der Waals surface area contributed by atoms with Gasteiger partial charge in [-0.3, -0.25) is 4.79 Å². The van der Waals surface area contributed by atoms with Crippen LogP contribution >= 0.6 is 0 Å². The minimum atomic E-state index is -0.539. The first-order valence-corrected chi connectivity index (χ1v) is 9.08. The van der Waals surface area contributed by atoms with Crippen LogP contribution in [-0.2, 0) is 4.79 Å². The molecule has 1 fully saturated rings. The maximum atomic E-state index is 13.4. The number of rotatable bonds is 7. The second-order valence-corrected chi connectivity index (χ2v) is 7.89. The third kappa shape index (κ3) is 5.10. The number of aliphatic hydroxyl groups excluding tert-OH is 1. The first kappa shape index (κ1) is 19.4. The number of pyridine rings is 1. The number of hydrogen-bond donors (Lipinski definition) is 2. The number of nitrogens with one attached hydrogen (secondary N) is 1. The third-order valence-electron chi connectivity index (χ3n) is 4.48. The predicted molar refractivity (Wildman–Crippen MR) is 106 cm³/mol. The summed E-state index contributed by atoms with van der Waals surface area (Å²) in [6, 6.07) is 9.32. The monoisotopic (exact) mass is 368 g/mol. The van der Waals surface area contributed by atoms with Crippen molar-refractivity contribution in [3.8, 4) is 5.88 Å². The number of aromatic nitrogens is 1. The summed E-state index contributed by atoms with van der Waals surface area (Å²) in [5, 5.41) is 12.2. The lowest BCUT2D eigenvalue weighted by molar-refractivity contribution is -0.123. The zero-order valence-corrected chi connectivity index (χ0v) is 15.8. The molecule has 0 aliphatic heterocycles. The standard InChI is InChI=1S/C19H23B2FN2O3/c1-19(20,21)27-17-6-5-12(9-23-17)16(10-25)24-18(26)15-8-14(15)11-3-2-4-13(22)7-11/h2-7,9,14-16,25H,8,10,20-21H2,1H3,(H,24,26)/t14-,15+,16+/m1/s1. The lowest BCUT2D eigenvalue weighted by atomic mass is 9.67. The summed E-state index contributed by atoms with van der Waals surface area (Å²) in [6.45, 7) is 1.70. The third-order valence-corrected chi connectivity index (χ3v) is 4.48. The van der Waals surface area contributed by atoms with Crippen molar-refractivity contribution in [3.05, 3.63) is 59.5 Å². The van der Waals surface area contributed by atoms with Crippen LogP contribution in [-0.4, -0.2) is 43.7 Å². The van der Waals surface area contributed by atoms with Gasteiger partial charge in [0.05, 0.1) is 12.6 Å². The van der Waals surface area contributed by atoms with Crippen LogP contribution in [0.15, 0.2) is 42.6 Å². The molecular formula is C19H23B2FN2O3. The first-order chi connectivity index (χ1) is 12.8. The van der Waals surface area contributed by atoms with Crippen LogP contribution in [0, 0.1) is 11.7 Å². The number of carbonyl (C=O) groups is 1. The molecule has 8 heteroatoms. The van der Waals surface area contributed by atoms with E-state index in [1.165, 1.54) is 12.1 Å². The van der Waals surface area contributed by atoms with E-state index in [9.17, 15) is 14.3 Å². The molecule has 1 saturated carbocycles. The molecule has 0 unspecified atom stereocenters. The first-order valence-electron chi connectivity index (χ1n) is 9.08. The molecule has 0 bridgehead atoms. The Balaban J connectivity index is 1.61. The van der Waals surface area contributed by atoms with Gasteiger partial charge in [0, 0.05) is 23.6 Å². The molecule has 0 saturated heterocycles. The van der Waals surface area contributed by atoms with Crippen LogP contribution in [0.1, 0.15) is 36.4 Å². The average molecular weight is 368 g/mol. The van der Waals surface area contributed by atoms with Crippen molar-refractivity contribution in [3.63, 3.8) is 0 Å². The number of hydrogen-bond acceptors (Lipinski definition) is 4. The van der Waals surface area contributed by atoms with Gasteiger partial charge in [0.2, 0.25) is 11.8 Å². The highest BCUT2D eigenvalue weighted by atomic mass is 19.1. The summed E-state index contributed by atoms with van der Waals surface area (Å²) >= 11 is 0. The van der Waals surface area contributed by atoms with Crippen molar-refractivity contribution >= 4 is 21.6 Å². The molecule has 1 aromatic carbocycles. The fourth-order valence-corrected chi connectivity index (χ4v) is 3.08. The normalized spacial score (nSPS) is 20.0. The van der Waals surface area contributed by atoms with Gasteiger partial charge in [0.15, 0.2) is 0 Å². The van der Waals surface area contributed by atoms with E-state index >= 15 is 0 Å². The van der Waals surface area contributed by atoms with E-state index in [2.05, 4.69) is 10.3 Å². The summed E-state index contributed by atoms with van der Waals surface area (Å²) in [6.07, 6.45) is 2.28. The van der Waals surface area contributed by atoms with Gasteiger partial charge >= 0.3 is 0 Å². The summed E-state index contributed by atoms with van der Waals surface area (Å²) < 4.78 is 19.0. The van der Waals surface area contributed by atoms with Crippen molar-refractivity contribution in [2.75, 3.05) is 6.61 Å². The second-order valence-electron chi connectivity index (χ2n) is 7.89. The smallest absolute Gasteiger partial charge is 0.224 e. The highest BCUT2D eigenvalue weighted by Crippen LogP contribution is 2.47. The van der Waals surface area contributed by atoms with Crippen LogP contribution in [0.3, 0.4) is 0 Å². The number of amides is 1. The Labute approximate surface area is 160 Å². The van der Waals surface area contributed by atoms with E-state index < -0.39 is 6.04 Å². The van der Waals surface area contributed by atoms with Gasteiger partial charge in [-0.1, -0.05) is 12.1 Å². The summed E-state index contributed by atoms with van der Waals surface area (Å²) in [5.74, 6) is -0.116.